The molecule has 0 bridgehead atoms. The number of nitrogen functional groups attached to an aromatic ring is 1. The maximum absolute atomic E-state index is 13.4. The summed E-state index contributed by atoms with van der Waals surface area (Å²) in [5.74, 6) is -2.10. The Morgan fingerprint density at radius 2 is 1.88 bits per heavy atom. The summed E-state index contributed by atoms with van der Waals surface area (Å²) in [7, 11) is -3.96. The van der Waals surface area contributed by atoms with Crippen LogP contribution in [0.15, 0.2) is 17.0 Å². The zero-order chi connectivity index (χ0) is 12.6. The Labute approximate surface area is 97.9 Å². The van der Waals surface area contributed by atoms with Crippen molar-refractivity contribution in [2.45, 2.75) is 30.2 Å². The van der Waals surface area contributed by atoms with Gasteiger partial charge >= 0.3 is 0 Å². The molecule has 0 spiro atoms. The standard InChI is InChI=1S/C10H12F2N2O2S/c11-7-4-8(12)10(5-9(7)13)17(15,16)14-6-2-1-3-6/h4-6,14H,1-3,13H2. The normalized spacial score (nSPS) is 16.8. The molecule has 0 radical (unpaired) electrons. The highest BCUT2D eigenvalue weighted by molar-refractivity contribution is 7.89. The van der Waals surface area contributed by atoms with E-state index in [1.54, 1.807) is 0 Å². The van der Waals surface area contributed by atoms with Gasteiger partial charge in [-0.25, -0.2) is 21.9 Å². The summed E-state index contributed by atoms with van der Waals surface area (Å²) in [6, 6.07) is 1.11. The maximum Gasteiger partial charge on any atom is 0.243 e. The summed E-state index contributed by atoms with van der Waals surface area (Å²) < 4.78 is 52.2. The van der Waals surface area contributed by atoms with Gasteiger partial charge in [0.25, 0.3) is 0 Å². The minimum Gasteiger partial charge on any atom is -0.396 e. The topological polar surface area (TPSA) is 72.2 Å². The summed E-state index contributed by atoms with van der Waals surface area (Å²) in [5.41, 5.74) is 4.84. The molecule has 1 aliphatic rings. The molecule has 0 aliphatic heterocycles. The van der Waals surface area contributed by atoms with Crippen LogP contribution in [0.25, 0.3) is 0 Å². The number of anilines is 1. The van der Waals surface area contributed by atoms with Crippen molar-refractivity contribution in [1.29, 1.82) is 0 Å². The van der Waals surface area contributed by atoms with E-state index in [0.29, 0.717) is 6.07 Å². The van der Waals surface area contributed by atoms with E-state index in [-0.39, 0.29) is 11.7 Å². The van der Waals surface area contributed by atoms with Crippen molar-refractivity contribution < 1.29 is 17.2 Å². The van der Waals surface area contributed by atoms with Crippen LogP contribution in [0.4, 0.5) is 14.5 Å². The van der Waals surface area contributed by atoms with Crippen molar-refractivity contribution in [3.05, 3.63) is 23.8 Å². The van der Waals surface area contributed by atoms with Crippen LogP contribution in [0.3, 0.4) is 0 Å². The molecule has 0 amide bonds. The smallest absolute Gasteiger partial charge is 0.243 e. The molecule has 94 valence electrons. The van der Waals surface area contributed by atoms with Crippen molar-refractivity contribution in [3.8, 4) is 0 Å². The first kappa shape index (κ1) is 12.3. The van der Waals surface area contributed by atoms with Gasteiger partial charge in [0.05, 0.1) is 5.69 Å². The summed E-state index contributed by atoms with van der Waals surface area (Å²) in [6.07, 6.45) is 2.41. The van der Waals surface area contributed by atoms with E-state index in [4.69, 9.17) is 5.73 Å². The fourth-order valence-electron chi connectivity index (χ4n) is 1.56. The average molecular weight is 262 g/mol. The predicted octanol–water partition coefficient (Wildman–Crippen LogP) is 1.38. The van der Waals surface area contributed by atoms with E-state index in [1.165, 1.54) is 0 Å². The van der Waals surface area contributed by atoms with Gasteiger partial charge in [-0.1, -0.05) is 6.42 Å². The van der Waals surface area contributed by atoms with Gasteiger partial charge in [-0.3, -0.25) is 0 Å². The molecule has 4 nitrogen and oxygen atoms in total. The molecular weight excluding hydrogens is 250 g/mol. The molecule has 0 aromatic heterocycles. The first-order valence-electron chi connectivity index (χ1n) is 5.17. The first-order chi connectivity index (χ1) is 7.90. The highest BCUT2D eigenvalue weighted by Crippen LogP contribution is 2.24. The zero-order valence-corrected chi connectivity index (χ0v) is 9.73. The molecule has 7 heteroatoms. The lowest BCUT2D eigenvalue weighted by molar-refractivity contribution is 0.382. The number of rotatable bonds is 3. The van der Waals surface area contributed by atoms with E-state index in [1.807, 2.05) is 0 Å². The Morgan fingerprint density at radius 1 is 1.24 bits per heavy atom. The second-order valence-electron chi connectivity index (χ2n) is 4.05. The quantitative estimate of drug-likeness (QED) is 0.808. The van der Waals surface area contributed by atoms with Gasteiger partial charge in [0.15, 0.2) is 0 Å². The van der Waals surface area contributed by atoms with Crippen LogP contribution in [0.5, 0.6) is 0 Å². The molecular formula is C10H12F2N2O2S. The van der Waals surface area contributed by atoms with Crippen LogP contribution in [0.1, 0.15) is 19.3 Å². The number of hydrogen-bond donors (Lipinski definition) is 2. The molecule has 0 saturated heterocycles. The summed E-state index contributed by atoms with van der Waals surface area (Å²) in [4.78, 5) is -0.608. The Balaban J connectivity index is 2.35. The highest BCUT2D eigenvalue weighted by atomic mass is 32.2. The maximum atomic E-state index is 13.4. The van der Waals surface area contributed by atoms with Gasteiger partial charge in [-0.2, -0.15) is 0 Å². The molecule has 2 rings (SSSR count). The van der Waals surface area contributed by atoms with E-state index in [9.17, 15) is 17.2 Å². The Bertz CT molecular complexity index is 541. The Morgan fingerprint density at radius 3 is 2.41 bits per heavy atom. The fourth-order valence-corrected chi connectivity index (χ4v) is 2.96. The third kappa shape index (κ3) is 2.39. The molecule has 1 aromatic carbocycles. The van der Waals surface area contributed by atoms with Gasteiger partial charge in [-0.15, -0.1) is 0 Å². The predicted molar refractivity (Wildman–Crippen MR) is 58.7 cm³/mol. The minimum absolute atomic E-state index is 0.161. The highest BCUT2D eigenvalue weighted by Gasteiger charge is 2.27. The second-order valence-corrected chi connectivity index (χ2v) is 5.74. The molecule has 1 aliphatic carbocycles. The van der Waals surface area contributed by atoms with Gasteiger partial charge < -0.3 is 5.73 Å². The number of nitrogens with one attached hydrogen (secondary N) is 1. The third-order valence-electron chi connectivity index (χ3n) is 2.77. The molecule has 0 unspecified atom stereocenters. The van der Waals surface area contributed by atoms with Crippen LogP contribution in [-0.4, -0.2) is 14.5 Å². The summed E-state index contributed by atoms with van der Waals surface area (Å²) in [5, 5.41) is 0. The number of halogens is 2. The van der Waals surface area contributed by atoms with Crippen LogP contribution in [0, 0.1) is 11.6 Å². The summed E-state index contributed by atoms with van der Waals surface area (Å²) in [6.45, 7) is 0. The van der Waals surface area contributed by atoms with E-state index >= 15 is 0 Å². The largest absolute Gasteiger partial charge is 0.396 e. The van der Waals surface area contributed by atoms with Crippen LogP contribution in [-0.2, 0) is 10.0 Å². The number of hydrogen-bond acceptors (Lipinski definition) is 3. The van der Waals surface area contributed by atoms with E-state index < -0.39 is 26.6 Å². The van der Waals surface area contributed by atoms with Crippen molar-refractivity contribution in [2.24, 2.45) is 0 Å². The molecule has 1 aromatic rings. The number of benzene rings is 1. The molecule has 17 heavy (non-hydrogen) atoms. The molecule has 1 fully saturated rings. The van der Waals surface area contributed by atoms with Gasteiger partial charge in [-0.05, 0) is 18.9 Å². The number of sulfonamides is 1. The lowest BCUT2D eigenvalue weighted by Gasteiger charge is -2.26. The molecule has 0 heterocycles. The number of nitrogens with two attached hydrogens (primary N) is 1. The van der Waals surface area contributed by atoms with Crippen LogP contribution in [0.2, 0.25) is 0 Å². The van der Waals surface area contributed by atoms with Crippen molar-refractivity contribution in [1.82, 2.24) is 4.72 Å². The van der Waals surface area contributed by atoms with E-state index in [2.05, 4.69) is 4.72 Å². The molecule has 0 atom stereocenters. The van der Waals surface area contributed by atoms with Crippen molar-refractivity contribution in [2.75, 3.05) is 5.73 Å². The minimum atomic E-state index is -3.96. The Hall–Kier alpha value is -1.21. The zero-order valence-electron chi connectivity index (χ0n) is 8.91. The van der Waals surface area contributed by atoms with Crippen LogP contribution < -0.4 is 10.5 Å². The second kappa shape index (κ2) is 4.23. The summed E-state index contributed by atoms with van der Waals surface area (Å²) >= 11 is 0. The van der Waals surface area contributed by atoms with Gasteiger partial charge in [0.1, 0.15) is 16.5 Å². The van der Waals surface area contributed by atoms with Crippen LogP contribution >= 0.6 is 0 Å². The lowest BCUT2D eigenvalue weighted by Crippen LogP contribution is -2.39. The molecule has 3 N–H and O–H groups in total. The van der Waals surface area contributed by atoms with Gasteiger partial charge in [0.2, 0.25) is 10.0 Å². The SMILES string of the molecule is Nc1cc(S(=O)(=O)NC2CCC2)c(F)cc1F. The lowest BCUT2D eigenvalue weighted by atomic mass is 9.94. The first-order valence-corrected chi connectivity index (χ1v) is 6.65. The van der Waals surface area contributed by atoms with E-state index in [0.717, 1.165) is 25.3 Å². The average Bonchev–Trinajstić information content (AvgIpc) is 2.17. The van der Waals surface area contributed by atoms with Gasteiger partial charge in [0, 0.05) is 12.1 Å². The monoisotopic (exact) mass is 262 g/mol. The third-order valence-corrected chi connectivity index (χ3v) is 4.30. The Kier molecular flexibility index (Phi) is 3.05. The van der Waals surface area contributed by atoms with Crippen molar-refractivity contribution in [3.63, 3.8) is 0 Å². The van der Waals surface area contributed by atoms with Crippen molar-refractivity contribution >= 4 is 15.7 Å². The molecule has 1 saturated carbocycles. The fraction of sp³-hybridized carbons (Fsp3) is 0.400.